The summed E-state index contributed by atoms with van der Waals surface area (Å²) in [5.74, 6) is 2.19. The normalized spacial score (nSPS) is 15.4. The van der Waals surface area contributed by atoms with Crippen LogP contribution in [0.25, 0.3) is 5.57 Å². The summed E-state index contributed by atoms with van der Waals surface area (Å²) < 4.78 is 16.6. The van der Waals surface area contributed by atoms with Gasteiger partial charge in [-0.1, -0.05) is 29.3 Å². The van der Waals surface area contributed by atoms with Gasteiger partial charge in [-0.05, 0) is 60.5 Å². The number of pyridine rings is 1. The van der Waals surface area contributed by atoms with Gasteiger partial charge < -0.3 is 24.2 Å². The van der Waals surface area contributed by atoms with E-state index in [1.165, 1.54) is 0 Å². The number of nitrogens with zero attached hydrogens (tertiary/aromatic N) is 3. The Hall–Kier alpha value is -3.46. The van der Waals surface area contributed by atoms with Gasteiger partial charge in [-0.15, -0.1) is 0 Å². The smallest absolute Gasteiger partial charge is 0.457 e. The summed E-state index contributed by atoms with van der Waals surface area (Å²) in [6.07, 6.45) is 3.24. The fraction of sp³-hybridized carbons (Fsp3) is 0.259. The third-order valence-electron chi connectivity index (χ3n) is 6.31. The van der Waals surface area contributed by atoms with Crippen molar-refractivity contribution in [1.82, 2.24) is 9.88 Å². The molecule has 10 heteroatoms. The molecule has 5 rings (SSSR count). The minimum Gasteiger partial charge on any atom is -0.457 e. The first-order chi connectivity index (χ1) is 18.0. The van der Waals surface area contributed by atoms with Gasteiger partial charge in [-0.25, -0.2) is 9.78 Å². The molecule has 0 aliphatic carbocycles. The zero-order chi connectivity index (χ0) is 25.8. The molecule has 0 atom stereocenters. The Bertz CT molecular complexity index is 1270. The Morgan fingerprint density at radius 3 is 2.27 bits per heavy atom. The molecule has 1 N–H and O–H groups in total. The minimum absolute atomic E-state index is 0.0936. The fourth-order valence-corrected chi connectivity index (χ4v) is 4.91. The van der Waals surface area contributed by atoms with Crippen LogP contribution in [-0.4, -0.2) is 60.7 Å². The molecule has 1 fully saturated rings. The molecule has 3 aromatic rings. The Morgan fingerprint density at radius 2 is 1.65 bits per heavy atom. The monoisotopic (exact) mass is 541 g/mol. The Labute approximate surface area is 224 Å². The number of anilines is 1. The molecular weight excluding hydrogens is 517 g/mol. The number of hydrogen-bond acceptors (Lipinski definition) is 7. The van der Waals surface area contributed by atoms with Gasteiger partial charge in [-0.3, -0.25) is 4.90 Å². The number of aromatic nitrogens is 1. The van der Waals surface area contributed by atoms with Crippen molar-refractivity contribution in [1.29, 1.82) is 0 Å². The number of carboxylic acid groups (broad SMARTS) is 1. The molecule has 1 aromatic heterocycles. The van der Waals surface area contributed by atoms with Crippen LogP contribution in [0.2, 0.25) is 10.0 Å². The highest BCUT2D eigenvalue weighted by Gasteiger charge is 2.23. The van der Waals surface area contributed by atoms with Crippen LogP contribution < -0.4 is 19.1 Å². The zero-order valence-electron chi connectivity index (χ0n) is 19.9. The van der Waals surface area contributed by atoms with Crippen molar-refractivity contribution in [2.75, 3.05) is 44.4 Å². The predicted octanol–water partition coefficient (Wildman–Crippen LogP) is 5.82. The molecule has 0 bridgehead atoms. The molecule has 0 unspecified atom stereocenters. The summed E-state index contributed by atoms with van der Waals surface area (Å²) in [4.78, 5) is 19.8. The van der Waals surface area contributed by atoms with Gasteiger partial charge in [0.05, 0.1) is 0 Å². The minimum atomic E-state index is -1.35. The number of ether oxygens (including phenoxy) is 3. The van der Waals surface area contributed by atoms with Gasteiger partial charge in [0.25, 0.3) is 0 Å². The average molecular weight is 542 g/mol. The molecule has 1 saturated heterocycles. The van der Waals surface area contributed by atoms with Gasteiger partial charge in [0.1, 0.15) is 11.5 Å². The molecule has 2 aliphatic heterocycles. The second kappa shape index (κ2) is 11.3. The molecule has 0 spiro atoms. The quantitative estimate of drug-likeness (QED) is 0.404. The number of fused-ring (bicyclic) bond motifs is 2. The highest BCUT2D eigenvalue weighted by atomic mass is 35.5. The summed E-state index contributed by atoms with van der Waals surface area (Å²) in [6.45, 7) is 3.97. The van der Waals surface area contributed by atoms with Crippen LogP contribution in [0, 0.1) is 0 Å². The summed E-state index contributed by atoms with van der Waals surface area (Å²) in [5.41, 5.74) is 2.74. The zero-order valence-corrected chi connectivity index (χ0v) is 21.4. The summed E-state index contributed by atoms with van der Waals surface area (Å²) in [5, 5.41) is 10.3. The van der Waals surface area contributed by atoms with Gasteiger partial charge in [-0.2, -0.15) is 0 Å². The van der Waals surface area contributed by atoms with Crippen LogP contribution in [0.5, 0.6) is 17.2 Å². The number of benzene rings is 2. The van der Waals surface area contributed by atoms with E-state index in [2.05, 4.69) is 16.0 Å². The van der Waals surface area contributed by atoms with E-state index < -0.39 is 6.16 Å². The van der Waals surface area contributed by atoms with E-state index in [1.54, 1.807) is 30.5 Å². The lowest BCUT2D eigenvalue weighted by Crippen LogP contribution is -2.47. The van der Waals surface area contributed by atoms with Gasteiger partial charge >= 0.3 is 6.16 Å². The first-order valence-electron chi connectivity index (χ1n) is 11.9. The lowest BCUT2D eigenvalue weighted by Gasteiger charge is -2.35. The van der Waals surface area contributed by atoms with E-state index in [-0.39, 0.29) is 12.5 Å². The van der Waals surface area contributed by atoms with Crippen LogP contribution >= 0.6 is 23.2 Å². The van der Waals surface area contributed by atoms with Crippen molar-refractivity contribution < 1.29 is 24.1 Å². The molecule has 37 heavy (non-hydrogen) atoms. The maximum Gasteiger partial charge on any atom is 0.511 e. The largest absolute Gasteiger partial charge is 0.511 e. The third kappa shape index (κ3) is 5.93. The molecule has 3 heterocycles. The molecule has 192 valence electrons. The first-order valence-corrected chi connectivity index (χ1v) is 12.6. The van der Waals surface area contributed by atoms with Crippen LogP contribution in [0.1, 0.15) is 17.5 Å². The fourth-order valence-electron chi connectivity index (χ4n) is 4.57. The van der Waals surface area contributed by atoms with E-state index in [1.807, 2.05) is 29.2 Å². The molecular formula is C27H25Cl2N3O5. The maximum atomic E-state index is 11.0. The van der Waals surface area contributed by atoms with Gasteiger partial charge in [0.2, 0.25) is 6.79 Å². The predicted molar refractivity (Wildman–Crippen MR) is 142 cm³/mol. The first kappa shape index (κ1) is 25.2. The van der Waals surface area contributed by atoms with E-state index in [0.29, 0.717) is 40.5 Å². The average Bonchev–Trinajstić information content (AvgIpc) is 2.88. The van der Waals surface area contributed by atoms with E-state index >= 15 is 0 Å². The summed E-state index contributed by atoms with van der Waals surface area (Å²) in [6, 6.07) is 14.4. The van der Waals surface area contributed by atoms with Crippen LogP contribution in [0.3, 0.4) is 0 Å². The Balaban J connectivity index is 1.31. The SMILES string of the molecule is O=C(O)Oc1cccnc1N1CCN(CCC=C2c3cc(Cl)ccc3OCOc3ccc(Cl)cc32)CC1. The van der Waals surface area contributed by atoms with Gasteiger partial charge in [0, 0.05) is 60.1 Å². The molecule has 2 aromatic carbocycles. The molecule has 8 nitrogen and oxygen atoms in total. The van der Waals surface area contributed by atoms with Crippen LogP contribution in [0.15, 0.2) is 60.8 Å². The second-order valence-corrected chi connectivity index (χ2v) is 9.49. The number of piperazine rings is 1. The van der Waals surface area contributed by atoms with Crippen molar-refractivity contribution in [3.63, 3.8) is 0 Å². The van der Waals surface area contributed by atoms with Crippen molar-refractivity contribution in [2.24, 2.45) is 0 Å². The molecule has 0 radical (unpaired) electrons. The Morgan fingerprint density at radius 1 is 1.00 bits per heavy atom. The van der Waals surface area contributed by atoms with E-state index in [4.69, 9.17) is 42.5 Å². The number of carbonyl (C=O) groups is 1. The van der Waals surface area contributed by atoms with E-state index in [0.717, 1.165) is 42.8 Å². The topological polar surface area (TPSA) is 84.4 Å². The second-order valence-electron chi connectivity index (χ2n) is 8.62. The molecule has 2 aliphatic rings. The highest BCUT2D eigenvalue weighted by molar-refractivity contribution is 6.31. The van der Waals surface area contributed by atoms with Crippen molar-refractivity contribution in [3.8, 4) is 17.2 Å². The van der Waals surface area contributed by atoms with Crippen LogP contribution in [0.4, 0.5) is 10.6 Å². The number of hydrogen-bond donors (Lipinski definition) is 1. The summed E-state index contributed by atoms with van der Waals surface area (Å²) in [7, 11) is 0. The van der Waals surface area contributed by atoms with Crippen molar-refractivity contribution in [2.45, 2.75) is 6.42 Å². The standard InChI is InChI=1S/C27H25Cl2N3O5/c28-18-5-7-23-21(15-18)20(22-16-19(29)6-8-24(22)36-17-35-23)3-2-10-31-11-13-32(14-12-31)26-25(37-27(33)34)4-1-9-30-26/h1,3-9,15-16H,2,10-14,17H2,(H,33,34). The van der Waals surface area contributed by atoms with Crippen molar-refractivity contribution in [3.05, 3.63) is 82.0 Å². The molecule has 0 saturated carbocycles. The Kier molecular flexibility index (Phi) is 7.69. The van der Waals surface area contributed by atoms with E-state index in [9.17, 15) is 4.79 Å². The number of rotatable bonds is 5. The third-order valence-corrected chi connectivity index (χ3v) is 6.78. The lowest BCUT2D eigenvalue weighted by molar-refractivity contribution is 0.118. The maximum absolute atomic E-state index is 11.0. The lowest BCUT2D eigenvalue weighted by atomic mass is 9.95. The van der Waals surface area contributed by atoms with Gasteiger partial charge in [0.15, 0.2) is 11.6 Å². The molecule has 0 amide bonds. The number of halogens is 2. The highest BCUT2D eigenvalue weighted by Crippen LogP contribution is 2.40. The summed E-state index contributed by atoms with van der Waals surface area (Å²) >= 11 is 12.7. The van der Waals surface area contributed by atoms with Crippen molar-refractivity contribution >= 4 is 40.7 Å². The van der Waals surface area contributed by atoms with Crippen LogP contribution in [-0.2, 0) is 0 Å².